The normalized spacial score (nSPS) is 13.6. The number of hydrogen-bond acceptors (Lipinski definition) is 4. The van der Waals surface area contributed by atoms with Gasteiger partial charge in [0.25, 0.3) is 0 Å². The minimum Gasteiger partial charge on any atom is -0.347 e. The third-order valence-corrected chi connectivity index (χ3v) is 6.93. The lowest BCUT2D eigenvalue weighted by atomic mass is 9.98. The van der Waals surface area contributed by atoms with Crippen molar-refractivity contribution in [3.8, 4) is 33.6 Å². The number of fused-ring (bicyclic) bond motifs is 1. The number of imidazole rings is 2. The fourth-order valence-corrected chi connectivity index (χ4v) is 4.37. The molecule has 36 heavy (non-hydrogen) atoms. The van der Waals surface area contributed by atoms with Crippen LogP contribution in [0.25, 0.3) is 44.4 Å². The molecule has 5 aromatic rings. The van der Waals surface area contributed by atoms with Crippen molar-refractivity contribution in [3.63, 3.8) is 0 Å². The van der Waals surface area contributed by atoms with E-state index in [0.717, 1.165) is 34.2 Å². The molecule has 6 N–H and O–H groups in total. The first kappa shape index (κ1) is 24.0. The van der Waals surface area contributed by atoms with Crippen molar-refractivity contribution in [2.45, 2.75) is 39.8 Å². The number of benzene rings is 3. The van der Waals surface area contributed by atoms with E-state index >= 15 is 0 Å². The first-order chi connectivity index (χ1) is 17.3. The molecule has 0 unspecified atom stereocenters. The summed E-state index contributed by atoms with van der Waals surface area (Å²) in [6.07, 6.45) is 3.80. The zero-order valence-electron chi connectivity index (χ0n) is 21.3. The largest absolute Gasteiger partial charge is 0.347 e. The van der Waals surface area contributed by atoms with Gasteiger partial charge < -0.3 is 21.4 Å². The first-order valence-corrected chi connectivity index (χ1v) is 12.6. The van der Waals surface area contributed by atoms with Crippen LogP contribution in [0.15, 0.2) is 73.1 Å². The van der Waals surface area contributed by atoms with Gasteiger partial charge in [0.15, 0.2) is 0 Å². The van der Waals surface area contributed by atoms with Gasteiger partial charge in [0.1, 0.15) is 11.6 Å². The Balaban J connectivity index is 1.37. The van der Waals surface area contributed by atoms with Crippen LogP contribution in [0.1, 0.15) is 51.4 Å². The Morgan fingerprint density at radius 2 is 1.22 bits per heavy atom. The van der Waals surface area contributed by atoms with Gasteiger partial charge in [0.2, 0.25) is 0 Å². The quantitative estimate of drug-likeness (QED) is 0.211. The van der Waals surface area contributed by atoms with E-state index in [0.29, 0.717) is 11.8 Å². The maximum absolute atomic E-state index is 6.25. The van der Waals surface area contributed by atoms with Gasteiger partial charge in [-0.15, -0.1) is 0 Å². The van der Waals surface area contributed by atoms with Gasteiger partial charge in [-0.1, -0.05) is 76.2 Å². The van der Waals surface area contributed by atoms with Crippen LogP contribution in [0.4, 0.5) is 0 Å². The maximum Gasteiger partial charge on any atom is 0.124 e. The Hall–Kier alpha value is -3.74. The molecule has 0 radical (unpaired) electrons. The number of H-pyrrole nitrogens is 2. The molecule has 2 aromatic heterocycles. The molecule has 0 aliphatic carbocycles. The molecule has 0 bridgehead atoms. The highest BCUT2D eigenvalue weighted by Gasteiger charge is 2.16. The zero-order chi connectivity index (χ0) is 25.4. The molecule has 3 aromatic carbocycles. The Kier molecular flexibility index (Phi) is 6.48. The monoisotopic (exact) mass is 478 g/mol. The average Bonchev–Trinajstić information content (AvgIpc) is 3.58. The summed E-state index contributed by atoms with van der Waals surface area (Å²) < 4.78 is 0. The van der Waals surface area contributed by atoms with Crippen molar-refractivity contribution >= 4 is 10.8 Å². The third kappa shape index (κ3) is 4.70. The van der Waals surface area contributed by atoms with E-state index in [2.05, 4.69) is 103 Å². The average molecular weight is 479 g/mol. The van der Waals surface area contributed by atoms with Crippen LogP contribution < -0.4 is 11.5 Å². The van der Waals surface area contributed by atoms with Gasteiger partial charge in [-0.3, -0.25) is 0 Å². The van der Waals surface area contributed by atoms with Crippen molar-refractivity contribution in [3.05, 3.63) is 84.7 Å². The molecule has 6 heteroatoms. The highest BCUT2D eigenvalue weighted by Crippen LogP contribution is 2.30. The second-order valence-corrected chi connectivity index (χ2v) is 10.2. The highest BCUT2D eigenvalue weighted by atomic mass is 15.0. The summed E-state index contributed by atoms with van der Waals surface area (Å²) in [4.78, 5) is 15.8. The predicted molar refractivity (Wildman–Crippen MR) is 148 cm³/mol. The minimum atomic E-state index is -0.0962. The van der Waals surface area contributed by atoms with E-state index in [1.54, 1.807) is 0 Å². The number of aromatic amines is 2. The lowest BCUT2D eigenvalue weighted by Crippen LogP contribution is -2.18. The molecular weight excluding hydrogens is 444 g/mol. The van der Waals surface area contributed by atoms with Gasteiger partial charge in [-0.25, -0.2) is 9.97 Å². The first-order valence-electron chi connectivity index (χ1n) is 12.6. The summed E-state index contributed by atoms with van der Waals surface area (Å²) in [7, 11) is 0. The topological polar surface area (TPSA) is 109 Å². The van der Waals surface area contributed by atoms with Crippen LogP contribution in [-0.4, -0.2) is 19.9 Å². The third-order valence-electron chi connectivity index (χ3n) is 6.93. The second kappa shape index (κ2) is 9.72. The van der Waals surface area contributed by atoms with Crippen LogP contribution >= 0.6 is 0 Å². The van der Waals surface area contributed by atoms with Crippen LogP contribution in [0.2, 0.25) is 0 Å². The Labute approximate surface area is 212 Å². The zero-order valence-corrected chi connectivity index (χ0v) is 21.3. The van der Waals surface area contributed by atoms with E-state index in [9.17, 15) is 0 Å². The lowest BCUT2D eigenvalue weighted by Gasteiger charge is -2.12. The summed E-state index contributed by atoms with van der Waals surface area (Å²) in [6.45, 7) is 8.40. The number of rotatable bonds is 7. The summed E-state index contributed by atoms with van der Waals surface area (Å²) in [5.41, 5.74) is 18.9. The molecule has 2 atom stereocenters. The van der Waals surface area contributed by atoms with Gasteiger partial charge in [-0.05, 0) is 51.4 Å². The Morgan fingerprint density at radius 1 is 0.667 bits per heavy atom. The molecule has 0 fully saturated rings. The highest BCUT2D eigenvalue weighted by molar-refractivity contribution is 5.90. The molecule has 2 heterocycles. The molecule has 184 valence electrons. The molecule has 6 nitrogen and oxygen atoms in total. The van der Waals surface area contributed by atoms with Crippen LogP contribution in [-0.2, 0) is 0 Å². The van der Waals surface area contributed by atoms with Crippen LogP contribution in [0.3, 0.4) is 0 Å². The number of nitrogens with two attached hydrogens (primary N) is 2. The van der Waals surface area contributed by atoms with Crippen molar-refractivity contribution in [1.29, 1.82) is 0 Å². The molecular formula is C30H34N6. The smallest absolute Gasteiger partial charge is 0.124 e. The number of nitrogens with zero attached hydrogens (tertiary/aromatic N) is 2. The molecule has 5 rings (SSSR count). The summed E-state index contributed by atoms with van der Waals surface area (Å²) in [6, 6.07) is 21.4. The van der Waals surface area contributed by atoms with Gasteiger partial charge >= 0.3 is 0 Å². The standard InChI is InChI=1S/C30H34N6/c1-17(2)27(31)29-33-15-25(35-29)20-7-5-19(6-8-20)21-9-10-23-14-24(12-11-22(23)13-21)26-16-34-30(36-26)28(32)18(3)4/h5-18,27-28H,31-32H2,1-4H3,(H,33,35)(H,34,36)/t27-,28-/m0/s1. The summed E-state index contributed by atoms with van der Waals surface area (Å²) in [5, 5.41) is 2.37. The molecule has 0 amide bonds. The van der Waals surface area contributed by atoms with E-state index in [1.165, 1.54) is 21.9 Å². The minimum absolute atomic E-state index is 0.0937. The predicted octanol–water partition coefficient (Wildman–Crippen LogP) is 6.60. The van der Waals surface area contributed by atoms with Crippen molar-refractivity contribution in [1.82, 2.24) is 19.9 Å². The van der Waals surface area contributed by atoms with E-state index in [1.807, 2.05) is 12.4 Å². The van der Waals surface area contributed by atoms with Crippen molar-refractivity contribution in [2.75, 3.05) is 0 Å². The van der Waals surface area contributed by atoms with Crippen LogP contribution in [0, 0.1) is 11.8 Å². The number of aromatic nitrogens is 4. The fourth-order valence-electron chi connectivity index (χ4n) is 4.37. The van der Waals surface area contributed by atoms with Gasteiger partial charge in [0, 0.05) is 11.8 Å². The maximum atomic E-state index is 6.25. The molecule has 0 spiro atoms. The molecule has 0 saturated carbocycles. The van der Waals surface area contributed by atoms with E-state index in [-0.39, 0.29) is 12.1 Å². The van der Waals surface area contributed by atoms with Gasteiger partial charge in [0.05, 0.1) is 29.7 Å². The number of hydrogen-bond donors (Lipinski definition) is 4. The SMILES string of the molecule is CC(C)[C@H](N)c1nc(-c2ccc3cc(-c4ccc(-c5cnc([C@@H](N)C(C)C)[nH]5)cc4)ccc3c2)c[nH]1. The molecule has 0 aliphatic rings. The van der Waals surface area contributed by atoms with E-state index in [4.69, 9.17) is 16.5 Å². The second-order valence-electron chi connectivity index (χ2n) is 10.2. The van der Waals surface area contributed by atoms with Gasteiger partial charge in [-0.2, -0.15) is 0 Å². The van der Waals surface area contributed by atoms with Crippen molar-refractivity contribution in [2.24, 2.45) is 23.3 Å². The summed E-state index contributed by atoms with van der Waals surface area (Å²) >= 11 is 0. The lowest BCUT2D eigenvalue weighted by molar-refractivity contribution is 0.494. The Morgan fingerprint density at radius 3 is 1.89 bits per heavy atom. The fraction of sp³-hybridized carbons (Fsp3) is 0.267. The Bertz CT molecular complexity index is 1480. The van der Waals surface area contributed by atoms with E-state index < -0.39 is 0 Å². The molecule has 0 saturated heterocycles. The van der Waals surface area contributed by atoms with Crippen molar-refractivity contribution < 1.29 is 0 Å². The summed E-state index contributed by atoms with van der Waals surface area (Å²) in [5.74, 6) is 2.31. The van der Waals surface area contributed by atoms with Crippen LogP contribution in [0.5, 0.6) is 0 Å². The molecule has 0 aliphatic heterocycles. The number of nitrogens with one attached hydrogen (secondary N) is 2.